The maximum absolute atomic E-state index is 13.2. The van der Waals surface area contributed by atoms with Crippen molar-refractivity contribution >= 4 is 34.6 Å². The van der Waals surface area contributed by atoms with Gasteiger partial charge in [-0.05, 0) is 42.8 Å². The molecule has 0 unspecified atom stereocenters. The van der Waals surface area contributed by atoms with Crippen LogP contribution in [0, 0.1) is 10.1 Å². The Morgan fingerprint density at radius 3 is 2.42 bits per heavy atom. The third-order valence-corrected chi connectivity index (χ3v) is 6.87. The Bertz CT molecular complexity index is 1090. The fourth-order valence-corrected chi connectivity index (χ4v) is 4.77. The molecule has 2 aromatic rings. The number of carbonyl (C=O) groups excluding carboxylic acids is 1. The second kappa shape index (κ2) is 10.9. The zero-order valence-corrected chi connectivity index (χ0v) is 20.3. The molecule has 36 heavy (non-hydrogen) atoms. The molecule has 0 radical (unpaired) electrons. The lowest BCUT2D eigenvalue weighted by atomic mass is 10.1. The highest BCUT2D eigenvalue weighted by atomic mass is 35.5. The Kier molecular flexibility index (Phi) is 7.89. The second-order valence-electron chi connectivity index (χ2n) is 9.01. The van der Waals surface area contributed by atoms with E-state index in [9.17, 15) is 28.1 Å². The standard InChI is InChI=1S/C24H27ClF3N5O3/c25-17-1-4-20(5-2-17)31-13-11-30(12-14-31)9-8-23(34)32-10-7-19(16-32)29-18-3-6-22(33(35)36)21(15-18)24(26,27)28/h1-6,15,19,29H,7-14,16H2/t19-/m1/s1. The first-order valence-corrected chi connectivity index (χ1v) is 12.1. The van der Waals surface area contributed by atoms with Gasteiger partial charge in [-0.3, -0.25) is 19.8 Å². The molecule has 2 aliphatic rings. The molecule has 8 nitrogen and oxygen atoms in total. The molecule has 4 rings (SSSR count). The molecular weight excluding hydrogens is 499 g/mol. The van der Waals surface area contributed by atoms with Crippen molar-refractivity contribution in [3.05, 3.63) is 63.2 Å². The Balaban J connectivity index is 1.23. The summed E-state index contributed by atoms with van der Waals surface area (Å²) in [6.07, 6.45) is -3.87. The molecule has 1 amide bonds. The minimum atomic E-state index is -4.84. The molecule has 0 aromatic heterocycles. The summed E-state index contributed by atoms with van der Waals surface area (Å²) in [6.45, 7) is 4.96. The predicted molar refractivity (Wildman–Crippen MR) is 131 cm³/mol. The molecular formula is C24H27ClF3N5O3. The van der Waals surface area contributed by atoms with Crippen LogP contribution in [0.25, 0.3) is 0 Å². The number of alkyl halides is 3. The molecule has 2 saturated heterocycles. The van der Waals surface area contributed by atoms with E-state index in [4.69, 9.17) is 11.6 Å². The number of hydrogen-bond acceptors (Lipinski definition) is 6. The molecule has 2 fully saturated rings. The first kappa shape index (κ1) is 26.0. The third kappa shape index (κ3) is 6.38. The van der Waals surface area contributed by atoms with Crippen LogP contribution in [0.1, 0.15) is 18.4 Å². The number of rotatable bonds is 7. The maximum Gasteiger partial charge on any atom is 0.423 e. The van der Waals surface area contributed by atoms with Crippen LogP contribution in [-0.2, 0) is 11.0 Å². The number of hydrogen-bond donors (Lipinski definition) is 1. The molecule has 2 heterocycles. The predicted octanol–water partition coefficient (Wildman–Crippen LogP) is 4.49. The van der Waals surface area contributed by atoms with Crippen LogP contribution < -0.4 is 10.2 Å². The number of piperazine rings is 1. The van der Waals surface area contributed by atoms with Crippen molar-refractivity contribution in [1.82, 2.24) is 9.80 Å². The molecule has 0 saturated carbocycles. The quantitative estimate of drug-likeness (QED) is 0.424. The smallest absolute Gasteiger partial charge is 0.380 e. The van der Waals surface area contributed by atoms with Crippen LogP contribution in [0.4, 0.5) is 30.2 Å². The second-order valence-corrected chi connectivity index (χ2v) is 9.45. The zero-order chi connectivity index (χ0) is 25.9. The van der Waals surface area contributed by atoms with Crippen LogP contribution in [0.5, 0.6) is 0 Å². The maximum atomic E-state index is 13.2. The monoisotopic (exact) mass is 525 g/mol. The van der Waals surface area contributed by atoms with E-state index < -0.39 is 22.4 Å². The summed E-state index contributed by atoms with van der Waals surface area (Å²) in [5, 5.41) is 14.6. The Hall–Kier alpha value is -3.05. The lowest BCUT2D eigenvalue weighted by Gasteiger charge is -2.36. The number of nitrogens with one attached hydrogen (secondary N) is 1. The van der Waals surface area contributed by atoms with Gasteiger partial charge in [0, 0.05) is 80.7 Å². The Labute approximate surface area is 211 Å². The first-order valence-electron chi connectivity index (χ1n) is 11.7. The number of nitro groups is 1. The van der Waals surface area contributed by atoms with Gasteiger partial charge in [-0.2, -0.15) is 13.2 Å². The van der Waals surface area contributed by atoms with Gasteiger partial charge in [-0.25, -0.2) is 0 Å². The highest BCUT2D eigenvalue weighted by Gasteiger charge is 2.38. The minimum Gasteiger partial charge on any atom is -0.380 e. The summed E-state index contributed by atoms with van der Waals surface area (Å²) < 4.78 is 39.7. The third-order valence-electron chi connectivity index (χ3n) is 6.62. The summed E-state index contributed by atoms with van der Waals surface area (Å²) in [7, 11) is 0. The van der Waals surface area contributed by atoms with E-state index in [0.29, 0.717) is 37.5 Å². The van der Waals surface area contributed by atoms with Crippen LogP contribution >= 0.6 is 11.6 Å². The number of likely N-dealkylation sites (tertiary alicyclic amines) is 1. The summed E-state index contributed by atoms with van der Waals surface area (Å²) in [5.74, 6) is 0.0131. The van der Waals surface area contributed by atoms with Gasteiger partial charge in [0.25, 0.3) is 5.69 Å². The molecule has 2 aromatic carbocycles. The van der Waals surface area contributed by atoms with E-state index in [1.807, 2.05) is 24.3 Å². The number of nitro benzene ring substituents is 1. The fourth-order valence-electron chi connectivity index (χ4n) is 4.65. The van der Waals surface area contributed by atoms with Gasteiger partial charge < -0.3 is 15.1 Å². The van der Waals surface area contributed by atoms with Crippen molar-refractivity contribution in [2.45, 2.75) is 25.1 Å². The zero-order valence-electron chi connectivity index (χ0n) is 19.5. The summed E-state index contributed by atoms with van der Waals surface area (Å²) in [6, 6.07) is 10.4. The molecule has 12 heteroatoms. The Morgan fingerprint density at radius 1 is 1.08 bits per heavy atom. The molecule has 0 spiro atoms. The fraction of sp³-hybridized carbons (Fsp3) is 0.458. The van der Waals surface area contributed by atoms with Gasteiger partial charge in [-0.1, -0.05) is 11.6 Å². The molecule has 1 N–H and O–H groups in total. The topological polar surface area (TPSA) is 82.0 Å². The van der Waals surface area contributed by atoms with E-state index in [-0.39, 0.29) is 17.6 Å². The molecule has 2 aliphatic heterocycles. The number of anilines is 2. The van der Waals surface area contributed by atoms with Gasteiger partial charge in [0.2, 0.25) is 5.91 Å². The van der Waals surface area contributed by atoms with Crippen molar-refractivity contribution in [3.8, 4) is 0 Å². The van der Waals surface area contributed by atoms with E-state index >= 15 is 0 Å². The van der Waals surface area contributed by atoms with Gasteiger partial charge >= 0.3 is 6.18 Å². The van der Waals surface area contributed by atoms with Gasteiger partial charge in [-0.15, -0.1) is 0 Å². The van der Waals surface area contributed by atoms with E-state index in [1.165, 1.54) is 6.07 Å². The summed E-state index contributed by atoms with van der Waals surface area (Å²) in [5.41, 5.74) is -1.00. The van der Waals surface area contributed by atoms with Gasteiger partial charge in [0.15, 0.2) is 0 Å². The number of halogens is 4. The van der Waals surface area contributed by atoms with Crippen molar-refractivity contribution in [1.29, 1.82) is 0 Å². The minimum absolute atomic E-state index is 0.0131. The average molecular weight is 526 g/mol. The van der Waals surface area contributed by atoms with Crippen LogP contribution in [0.2, 0.25) is 5.02 Å². The lowest BCUT2D eigenvalue weighted by molar-refractivity contribution is -0.388. The van der Waals surface area contributed by atoms with E-state index in [2.05, 4.69) is 15.1 Å². The SMILES string of the molecule is O=C(CCN1CCN(c2ccc(Cl)cc2)CC1)N1CC[C@@H](Nc2ccc([N+](=O)[O-])c(C(F)(F)F)c2)C1. The normalized spacial score (nSPS) is 18.9. The van der Waals surface area contributed by atoms with E-state index in [0.717, 1.165) is 44.0 Å². The number of nitrogens with zero attached hydrogens (tertiary/aromatic N) is 4. The summed E-state index contributed by atoms with van der Waals surface area (Å²) >= 11 is 5.96. The van der Waals surface area contributed by atoms with Crippen molar-refractivity contribution in [2.75, 3.05) is 56.0 Å². The van der Waals surface area contributed by atoms with Crippen LogP contribution in [0.3, 0.4) is 0 Å². The first-order chi connectivity index (χ1) is 17.1. The van der Waals surface area contributed by atoms with Gasteiger partial charge in [0.05, 0.1) is 4.92 Å². The largest absolute Gasteiger partial charge is 0.423 e. The molecule has 194 valence electrons. The number of benzene rings is 2. The molecule has 0 bridgehead atoms. The van der Waals surface area contributed by atoms with Crippen molar-refractivity contribution < 1.29 is 22.9 Å². The van der Waals surface area contributed by atoms with Gasteiger partial charge in [0.1, 0.15) is 5.56 Å². The highest BCUT2D eigenvalue weighted by Crippen LogP contribution is 2.37. The average Bonchev–Trinajstić information content (AvgIpc) is 3.31. The Morgan fingerprint density at radius 2 is 1.78 bits per heavy atom. The molecule has 1 atom stereocenters. The highest BCUT2D eigenvalue weighted by molar-refractivity contribution is 6.30. The molecule has 0 aliphatic carbocycles. The number of amides is 1. The summed E-state index contributed by atoms with van der Waals surface area (Å²) in [4.78, 5) is 28.9. The number of carbonyl (C=O) groups is 1. The van der Waals surface area contributed by atoms with Crippen molar-refractivity contribution in [3.63, 3.8) is 0 Å². The van der Waals surface area contributed by atoms with Crippen LogP contribution in [0.15, 0.2) is 42.5 Å². The van der Waals surface area contributed by atoms with Crippen LogP contribution in [-0.4, -0.2) is 72.5 Å². The lowest BCUT2D eigenvalue weighted by Crippen LogP contribution is -2.47. The van der Waals surface area contributed by atoms with E-state index in [1.54, 1.807) is 4.90 Å². The van der Waals surface area contributed by atoms with Crippen molar-refractivity contribution in [2.24, 2.45) is 0 Å².